The molecule has 7 nitrogen and oxygen atoms in total. The van der Waals surface area contributed by atoms with Crippen LogP contribution in [0.5, 0.6) is 0 Å². The minimum absolute atomic E-state index is 0.223. The Balaban J connectivity index is 1.45. The first-order valence-corrected chi connectivity index (χ1v) is 13.6. The molecule has 3 heterocycles. The molecular weight excluding hydrogens is 488 g/mol. The summed E-state index contributed by atoms with van der Waals surface area (Å²) in [6, 6.07) is 17.0. The number of benzene rings is 2. The molecule has 0 radical (unpaired) electrons. The third-order valence-corrected chi connectivity index (χ3v) is 8.72. The van der Waals surface area contributed by atoms with Crippen LogP contribution in [0.4, 0.5) is 10.7 Å². The van der Waals surface area contributed by atoms with Crippen molar-refractivity contribution in [1.82, 2.24) is 0 Å². The normalized spacial score (nSPS) is 22.8. The molecule has 6 rings (SSSR count). The molecule has 2 saturated heterocycles. The number of hydrogen-bond donors (Lipinski definition) is 0. The van der Waals surface area contributed by atoms with E-state index in [1.807, 2.05) is 61.5 Å². The van der Waals surface area contributed by atoms with Crippen LogP contribution in [0.3, 0.4) is 0 Å². The first-order valence-electron chi connectivity index (χ1n) is 12.8. The Hall–Kier alpha value is -3.49. The lowest BCUT2D eigenvalue weighted by atomic mass is 9.90. The van der Waals surface area contributed by atoms with Crippen molar-refractivity contribution in [3.05, 3.63) is 81.7 Å². The van der Waals surface area contributed by atoms with E-state index in [0.717, 1.165) is 52.9 Å². The fourth-order valence-corrected chi connectivity index (χ4v) is 7.13. The molecule has 3 aliphatic rings. The second-order valence-electron chi connectivity index (χ2n) is 9.64. The zero-order chi connectivity index (χ0) is 25.7. The van der Waals surface area contributed by atoms with E-state index in [0.29, 0.717) is 10.6 Å². The summed E-state index contributed by atoms with van der Waals surface area (Å²) in [6.07, 6.45) is 2.58. The number of thiophene rings is 1. The fourth-order valence-electron chi connectivity index (χ4n) is 5.75. The van der Waals surface area contributed by atoms with Gasteiger partial charge in [0, 0.05) is 4.88 Å². The van der Waals surface area contributed by atoms with E-state index >= 15 is 0 Å². The van der Waals surface area contributed by atoms with Gasteiger partial charge in [0.1, 0.15) is 10.9 Å². The molecule has 2 amide bonds. The molecule has 37 heavy (non-hydrogen) atoms. The monoisotopic (exact) mass is 516 g/mol. The van der Waals surface area contributed by atoms with Gasteiger partial charge in [-0.15, -0.1) is 11.3 Å². The number of fused-ring (bicyclic) bond motifs is 2. The Bertz CT molecular complexity index is 1380. The van der Waals surface area contributed by atoms with Crippen LogP contribution >= 0.6 is 11.3 Å². The second kappa shape index (κ2) is 9.43. The molecule has 1 aliphatic carbocycles. The molecule has 2 fully saturated rings. The number of anilines is 2. The van der Waals surface area contributed by atoms with Crippen molar-refractivity contribution in [3.63, 3.8) is 0 Å². The second-order valence-corrected chi connectivity index (χ2v) is 10.7. The smallest absolute Gasteiger partial charge is 0.341 e. The van der Waals surface area contributed by atoms with Gasteiger partial charge in [-0.1, -0.05) is 48.5 Å². The zero-order valence-electron chi connectivity index (χ0n) is 20.8. The number of amides is 2. The Morgan fingerprint density at radius 2 is 1.76 bits per heavy atom. The quantitative estimate of drug-likeness (QED) is 0.344. The number of aryl methyl sites for hydroxylation is 2. The van der Waals surface area contributed by atoms with E-state index in [4.69, 9.17) is 9.57 Å². The SMILES string of the molecule is CCOC(=O)c1c(N2C(=O)[C@@H]3[C@@H](c4ccccc4)N(c4ccccc4C)O[C@H]3C2=O)sc2c1CCCC2. The number of imide groups is 1. The molecule has 190 valence electrons. The summed E-state index contributed by atoms with van der Waals surface area (Å²) in [5.41, 5.74) is 3.98. The Labute approximate surface area is 219 Å². The van der Waals surface area contributed by atoms with Gasteiger partial charge in [0.25, 0.3) is 5.91 Å². The Kier molecular flexibility index (Phi) is 6.09. The largest absolute Gasteiger partial charge is 0.462 e. The number of para-hydroxylation sites is 1. The van der Waals surface area contributed by atoms with Crippen LogP contribution in [-0.2, 0) is 32.0 Å². The molecular formula is C29H28N2O5S. The molecule has 0 N–H and O–H groups in total. The lowest BCUT2D eigenvalue weighted by Crippen LogP contribution is -2.38. The minimum atomic E-state index is -0.980. The van der Waals surface area contributed by atoms with Crippen LogP contribution in [0, 0.1) is 12.8 Å². The van der Waals surface area contributed by atoms with Gasteiger partial charge in [0.05, 0.1) is 23.9 Å². The van der Waals surface area contributed by atoms with Crippen LogP contribution in [-0.4, -0.2) is 30.5 Å². The molecule has 8 heteroatoms. The van der Waals surface area contributed by atoms with Gasteiger partial charge in [0.2, 0.25) is 5.91 Å². The van der Waals surface area contributed by atoms with Crippen LogP contribution in [0.15, 0.2) is 54.6 Å². The van der Waals surface area contributed by atoms with Crippen molar-refractivity contribution in [3.8, 4) is 0 Å². The number of rotatable bonds is 5. The predicted octanol–water partition coefficient (Wildman–Crippen LogP) is 5.16. The van der Waals surface area contributed by atoms with Crippen LogP contribution in [0.2, 0.25) is 0 Å². The van der Waals surface area contributed by atoms with E-state index in [1.54, 1.807) is 12.0 Å². The minimum Gasteiger partial charge on any atom is -0.462 e. The topological polar surface area (TPSA) is 76.2 Å². The molecule has 0 spiro atoms. The highest BCUT2D eigenvalue weighted by Crippen LogP contribution is 2.50. The van der Waals surface area contributed by atoms with Crippen molar-refractivity contribution < 1.29 is 24.0 Å². The summed E-state index contributed by atoms with van der Waals surface area (Å²) >= 11 is 1.37. The summed E-state index contributed by atoms with van der Waals surface area (Å²) in [5.74, 6) is -2.00. The third kappa shape index (κ3) is 3.78. The number of nitrogens with zero attached hydrogens (tertiary/aromatic N) is 2. The molecule has 2 aliphatic heterocycles. The maximum atomic E-state index is 14.1. The van der Waals surface area contributed by atoms with Gasteiger partial charge in [-0.05, 0) is 62.3 Å². The number of carbonyl (C=O) groups is 3. The fraction of sp³-hybridized carbons (Fsp3) is 0.345. The van der Waals surface area contributed by atoms with Gasteiger partial charge >= 0.3 is 5.97 Å². The molecule has 2 aromatic carbocycles. The van der Waals surface area contributed by atoms with E-state index in [-0.39, 0.29) is 12.5 Å². The number of hydroxylamine groups is 1. The number of esters is 1. The summed E-state index contributed by atoms with van der Waals surface area (Å²) in [4.78, 5) is 49.7. The van der Waals surface area contributed by atoms with E-state index in [2.05, 4.69) is 0 Å². The highest BCUT2D eigenvalue weighted by Gasteiger charge is 2.61. The first-order chi connectivity index (χ1) is 18.0. The Morgan fingerprint density at radius 1 is 1.03 bits per heavy atom. The Morgan fingerprint density at radius 3 is 2.51 bits per heavy atom. The van der Waals surface area contributed by atoms with Crippen molar-refractivity contribution in [2.24, 2.45) is 5.92 Å². The maximum Gasteiger partial charge on any atom is 0.341 e. The standard InChI is InChI=1S/C29H28N2O5S/c1-3-35-29(34)22-19-14-8-10-16-21(19)37-28(22)30-26(32)23-24(18-12-5-4-6-13-18)31(36-25(23)27(30)33)20-15-9-7-11-17(20)2/h4-7,9,11-13,15,23-25H,3,8,10,14,16H2,1-2H3/t23-,24-,25-/m1/s1. The third-order valence-electron chi connectivity index (χ3n) is 7.44. The van der Waals surface area contributed by atoms with Crippen LogP contribution < -0.4 is 9.96 Å². The lowest BCUT2D eigenvalue weighted by Gasteiger charge is -2.29. The van der Waals surface area contributed by atoms with Crippen LogP contribution in [0.25, 0.3) is 0 Å². The highest BCUT2D eigenvalue weighted by atomic mass is 32.1. The van der Waals surface area contributed by atoms with E-state index in [1.165, 1.54) is 16.2 Å². The summed E-state index contributed by atoms with van der Waals surface area (Å²) in [7, 11) is 0. The van der Waals surface area contributed by atoms with E-state index in [9.17, 15) is 14.4 Å². The molecule has 0 bridgehead atoms. The van der Waals surface area contributed by atoms with Crippen molar-refractivity contribution in [2.75, 3.05) is 16.6 Å². The van der Waals surface area contributed by atoms with E-state index < -0.39 is 29.9 Å². The molecule has 3 aromatic rings. The highest BCUT2D eigenvalue weighted by molar-refractivity contribution is 7.17. The summed E-state index contributed by atoms with van der Waals surface area (Å²) < 4.78 is 5.37. The van der Waals surface area contributed by atoms with Gasteiger partial charge in [0.15, 0.2) is 6.10 Å². The number of hydrogen-bond acceptors (Lipinski definition) is 7. The molecule has 3 atom stereocenters. The summed E-state index contributed by atoms with van der Waals surface area (Å²) in [5, 5.41) is 2.10. The molecule has 0 unspecified atom stereocenters. The van der Waals surface area contributed by atoms with Gasteiger partial charge in [-0.2, -0.15) is 0 Å². The van der Waals surface area contributed by atoms with Crippen molar-refractivity contribution in [2.45, 2.75) is 51.7 Å². The van der Waals surface area contributed by atoms with Crippen molar-refractivity contribution >= 4 is 39.8 Å². The summed E-state index contributed by atoms with van der Waals surface area (Å²) in [6.45, 7) is 3.96. The zero-order valence-corrected chi connectivity index (χ0v) is 21.6. The first kappa shape index (κ1) is 23.9. The maximum absolute atomic E-state index is 14.1. The van der Waals surface area contributed by atoms with Crippen molar-refractivity contribution in [1.29, 1.82) is 0 Å². The predicted molar refractivity (Wildman–Crippen MR) is 141 cm³/mol. The lowest BCUT2D eigenvalue weighted by molar-refractivity contribution is -0.126. The van der Waals surface area contributed by atoms with Crippen LogP contribution in [0.1, 0.15) is 57.7 Å². The van der Waals surface area contributed by atoms with Gasteiger partial charge < -0.3 is 4.74 Å². The number of carbonyl (C=O) groups excluding carboxylic acids is 3. The van der Waals surface area contributed by atoms with Gasteiger partial charge in [-0.25, -0.2) is 14.8 Å². The average molecular weight is 517 g/mol. The molecule has 1 aromatic heterocycles. The molecule has 0 saturated carbocycles. The average Bonchev–Trinajstić information content (AvgIpc) is 3.55. The van der Waals surface area contributed by atoms with Gasteiger partial charge in [-0.3, -0.25) is 14.4 Å². The number of ether oxygens (including phenoxy) is 1.